The van der Waals surface area contributed by atoms with Gasteiger partial charge in [0.2, 0.25) is 5.91 Å². The predicted octanol–water partition coefficient (Wildman–Crippen LogP) is 0.178. The second kappa shape index (κ2) is 6.72. The molecular formula is C11H21N3O3S. The molecule has 0 heterocycles. The van der Waals surface area contributed by atoms with Crippen molar-refractivity contribution in [2.75, 3.05) is 18.1 Å². The third-order valence-corrected chi connectivity index (χ3v) is 4.73. The Hall–Kier alpha value is -1.11. The molecule has 0 aromatic carbocycles. The Morgan fingerprint density at radius 3 is 2.61 bits per heavy atom. The number of nitrogens with one attached hydrogen (secondary N) is 1. The summed E-state index contributed by atoms with van der Waals surface area (Å²) in [5.41, 5.74) is 4.78. The highest BCUT2D eigenvalue weighted by atomic mass is 32.2. The Morgan fingerprint density at radius 1 is 1.50 bits per heavy atom. The summed E-state index contributed by atoms with van der Waals surface area (Å²) in [6.45, 7) is 2.20. The van der Waals surface area contributed by atoms with Gasteiger partial charge in [-0.3, -0.25) is 9.00 Å². The Balaban J connectivity index is 2.59. The van der Waals surface area contributed by atoms with Crippen LogP contribution in [0, 0.1) is 5.41 Å². The molecule has 1 aliphatic rings. The molecule has 0 radical (unpaired) electrons. The fourth-order valence-electron chi connectivity index (χ4n) is 2.27. The van der Waals surface area contributed by atoms with Gasteiger partial charge in [0.25, 0.3) is 0 Å². The van der Waals surface area contributed by atoms with Crippen molar-refractivity contribution in [3.63, 3.8) is 0 Å². The lowest BCUT2D eigenvalue weighted by molar-refractivity contribution is -0.127. The minimum absolute atomic E-state index is 0.0193. The number of nitrogens with two attached hydrogens (primary N) is 1. The van der Waals surface area contributed by atoms with Crippen molar-refractivity contribution >= 4 is 22.5 Å². The number of rotatable bonds is 6. The molecule has 1 atom stereocenters. The molecule has 0 bridgehead atoms. The maximum absolute atomic E-state index is 12.2. The molecule has 1 amide bonds. The second-order valence-electron chi connectivity index (χ2n) is 4.46. The van der Waals surface area contributed by atoms with Crippen molar-refractivity contribution in [1.82, 2.24) is 5.32 Å². The summed E-state index contributed by atoms with van der Waals surface area (Å²) in [7, 11) is -0.897. The quantitative estimate of drug-likeness (QED) is 0.278. The van der Waals surface area contributed by atoms with Crippen molar-refractivity contribution in [1.29, 1.82) is 0 Å². The lowest BCUT2D eigenvalue weighted by Crippen LogP contribution is -2.49. The molecule has 1 fully saturated rings. The maximum atomic E-state index is 12.2. The molecule has 0 spiro atoms. The Labute approximate surface area is 109 Å². The van der Waals surface area contributed by atoms with Crippen molar-refractivity contribution in [3.8, 4) is 0 Å². The molecule has 6 nitrogen and oxygen atoms in total. The van der Waals surface area contributed by atoms with Crippen LogP contribution in [0.15, 0.2) is 5.16 Å². The summed E-state index contributed by atoms with van der Waals surface area (Å²) in [5, 5.41) is 14.5. The van der Waals surface area contributed by atoms with Crippen LogP contribution in [0.2, 0.25) is 0 Å². The highest BCUT2D eigenvalue weighted by molar-refractivity contribution is 7.84. The first-order chi connectivity index (χ1) is 8.56. The molecule has 1 rings (SSSR count). The lowest BCUT2D eigenvalue weighted by atomic mass is 9.84. The summed E-state index contributed by atoms with van der Waals surface area (Å²) in [4.78, 5) is 12.2. The zero-order valence-electron chi connectivity index (χ0n) is 10.6. The standard InChI is InChI=1S/C11H21N3O3S/c1-2-18(17)8-7-13-10(15)11(9(12)14-16)5-3-4-6-11/h16H,2-8H2,1H3,(H2,12,14)(H,13,15). The second-order valence-corrected chi connectivity index (χ2v) is 6.33. The molecule has 7 heteroatoms. The third kappa shape index (κ3) is 3.22. The average Bonchev–Trinajstić information content (AvgIpc) is 2.88. The Morgan fingerprint density at radius 2 is 2.11 bits per heavy atom. The lowest BCUT2D eigenvalue weighted by Gasteiger charge is -2.25. The van der Waals surface area contributed by atoms with Crippen molar-refractivity contribution in [3.05, 3.63) is 0 Å². The molecule has 18 heavy (non-hydrogen) atoms. The van der Waals surface area contributed by atoms with E-state index in [1.165, 1.54) is 0 Å². The number of amides is 1. The minimum atomic E-state index is -0.897. The zero-order valence-corrected chi connectivity index (χ0v) is 11.5. The molecule has 0 aromatic rings. The largest absolute Gasteiger partial charge is 0.409 e. The van der Waals surface area contributed by atoms with Gasteiger partial charge in [-0.2, -0.15) is 0 Å². The van der Waals surface area contributed by atoms with Crippen LogP contribution in [-0.2, 0) is 15.6 Å². The van der Waals surface area contributed by atoms with Gasteiger partial charge in [-0.05, 0) is 12.8 Å². The molecular weight excluding hydrogens is 254 g/mol. The zero-order chi connectivity index (χ0) is 13.6. The van der Waals surface area contributed by atoms with E-state index in [0.29, 0.717) is 30.9 Å². The van der Waals surface area contributed by atoms with Gasteiger partial charge >= 0.3 is 0 Å². The summed E-state index contributed by atoms with van der Waals surface area (Å²) in [5.74, 6) is 0.785. The van der Waals surface area contributed by atoms with E-state index in [4.69, 9.17) is 10.9 Å². The molecule has 1 aliphatic carbocycles. The normalized spacial score (nSPS) is 20.6. The van der Waals surface area contributed by atoms with Crippen molar-refractivity contribution in [2.45, 2.75) is 32.6 Å². The van der Waals surface area contributed by atoms with E-state index in [-0.39, 0.29) is 11.7 Å². The topological polar surface area (TPSA) is 105 Å². The fourth-order valence-corrected chi connectivity index (χ4v) is 2.88. The third-order valence-electron chi connectivity index (χ3n) is 3.43. The number of nitrogens with zero attached hydrogens (tertiary/aromatic N) is 1. The Kier molecular flexibility index (Phi) is 5.58. The van der Waals surface area contributed by atoms with Crippen molar-refractivity contribution in [2.24, 2.45) is 16.3 Å². The van der Waals surface area contributed by atoms with Crippen LogP contribution in [0.25, 0.3) is 0 Å². The van der Waals surface area contributed by atoms with Crippen molar-refractivity contribution < 1.29 is 14.2 Å². The van der Waals surface area contributed by atoms with Crippen LogP contribution in [0.3, 0.4) is 0 Å². The van der Waals surface area contributed by atoms with Gasteiger partial charge in [-0.25, -0.2) is 0 Å². The van der Waals surface area contributed by atoms with Crippen LogP contribution in [0.1, 0.15) is 32.6 Å². The predicted molar refractivity (Wildman–Crippen MR) is 70.9 cm³/mol. The first-order valence-corrected chi connectivity index (χ1v) is 7.67. The SMILES string of the molecule is CCS(=O)CCNC(=O)C1(C(N)=NO)CCCC1. The van der Waals surface area contributed by atoms with Gasteiger partial charge in [-0.15, -0.1) is 0 Å². The van der Waals surface area contributed by atoms with E-state index in [9.17, 15) is 9.00 Å². The van der Waals surface area contributed by atoms with Crippen LogP contribution >= 0.6 is 0 Å². The van der Waals surface area contributed by atoms with Gasteiger partial charge in [0.05, 0.1) is 0 Å². The number of oxime groups is 1. The van der Waals surface area contributed by atoms with Crippen LogP contribution in [-0.4, -0.2) is 39.2 Å². The summed E-state index contributed by atoms with van der Waals surface area (Å²) < 4.78 is 11.3. The molecule has 0 aliphatic heterocycles. The average molecular weight is 275 g/mol. The first kappa shape index (κ1) is 14.9. The van der Waals surface area contributed by atoms with Gasteiger partial charge < -0.3 is 16.3 Å². The van der Waals surface area contributed by atoms with Gasteiger partial charge in [0.1, 0.15) is 5.41 Å². The van der Waals surface area contributed by atoms with E-state index in [2.05, 4.69) is 10.5 Å². The van der Waals surface area contributed by atoms with Gasteiger partial charge in [0, 0.05) is 28.9 Å². The van der Waals surface area contributed by atoms with E-state index in [1.807, 2.05) is 6.92 Å². The smallest absolute Gasteiger partial charge is 0.233 e. The van der Waals surface area contributed by atoms with Crippen LogP contribution in [0.5, 0.6) is 0 Å². The van der Waals surface area contributed by atoms with E-state index < -0.39 is 16.2 Å². The highest BCUT2D eigenvalue weighted by Crippen LogP contribution is 2.38. The molecule has 4 N–H and O–H groups in total. The minimum Gasteiger partial charge on any atom is -0.409 e. The summed E-state index contributed by atoms with van der Waals surface area (Å²) in [6.07, 6.45) is 2.99. The van der Waals surface area contributed by atoms with Crippen LogP contribution < -0.4 is 11.1 Å². The van der Waals surface area contributed by atoms with E-state index in [1.54, 1.807) is 0 Å². The monoisotopic (exact) mass is 275 g/mol. The number of carbonyl (C=O) groups excluding carboxylic acids is 1. The molecule has 1 unspecified atom stereocenters. The number of carbonyl (C=O) groups is 1. The van der Waals surface area contributed by atoms with E-state index in [0.717, 1.165) is 12.8 Å². The first-order valence-electron chi connectivity index (χ1n) is 6.18. The molecule has 1 saturated carbocycles. The Bertz CT molecular complexity index is 351. The number of amidine groups is 1. The summed E-state index contributed by atoms with van der Waals surface area (Å²) >= 11 is 0. The number of hydrogen-bond donors (Lipinski definition) is 3. The molecule has 0 saturated heterocycles. The highest BCUT2D eigenvalue weighted by Gasteiger charge is 2.45. The summed E-state index contributed by atoms with van der Waals surface area (Å²) in [6, 6.07) is 0. The molecule has 104 valence electrons. The van der Waals surface area contributed by atoms with E-state index >= 15 is 0 Å². The van der Waals surface area contributed by atoms with Crippen LogP contribution in [0.4, 0.5) is 0 Å². The molecule has 0 aromatic heterocycles. The van der Waals surface area contributed by atoms with Gasteiger partial charge in [-0.1, -0.05) is 24.9 Å². The number of hydrogen-bond acceptors (Lipinski definition) is 4. The fraction of sp³-hybridized carbons (Fsp3) is 0.818. The maximum Gasteiger partial charge on any atom is 0.233 e. The van der Waals surface area contributed by atoms with Gasteiger partial charge in [0.15, 0.2) is 5.84 Å².